The maximum absolute atomic E-state index is 13.9. The van der Waals surface area contributed by atoms with Crippen LogP contribution in [0.5, 0.6) is 0 Å². The van der Waals surface area contributed by atoms with Crippen molar-refractivity contribution in [2.24, 2.45) is 5.92 Å². The first-order valence-electron chi connectivity index (χ1n) is 10.6. The zero-order chi connectivity index (χ0) is 21.5. The van der Waals surface area contributed by atoms with Gasteiger partial charge in [-0.05, 0) is 37.3 Å². The molecule has 3 atom stereocenters. The van der Waals surface area contributed by atoms with Crippen LogP contribution in [0, 0.1) is 5.92 Å². The molecule has 30 heavy (non-hydrogen) atoms. The van der Waals surface area contributed by atoms with Crippen LogP contribution in [0.2, 0.25) is 0 Å². The summed E-state index contributed by atoms with van der Waals surface area (Å²) in [6.45, 7) is 7.34. The second-order valence-corrected chi connectivity index (χ2v) is 9.39. The number of pyridine rings is 1. The highest BCUT2D eigenvalue weighted by atomic mass is 19.3. The summed E-state index contributed by atoms with van der Waals surface area (Å²) in [5.41, 5.74) is 1.20. The Labute approximate surface area is 175 Å². The Morgan fingerprint density at radius 1 is 1.27 bits per heavy atom. The number of hydrogen-bond acceptors (Lipinski definition) is 4. The number of alkyl halides is 2. The van der Waals surface area contributed by atoms with E-state index in [4.69, 9.17) is 0 Å². The number of likely N-dealkylation sites (tertiary alicyclic amines) is 1. The summed E-state index contributed by atoms with van der Waals surface area (Å²) in [6.07, 6.45) is 2.81. The van der Waals surface area contributed by atoms with Gasteiger partial charge in [0.1, 0.15) is 11.9 Å². The molecule has 0 bridgehead atoms. The van der Waals surface area contributed by atoms with Gasteiger partial charge in [0.15, 0.2) is 0 Å². The van der Waals surface area contributed by atoms with Crippen LogP contribution in [-0.4, -0.2) is 51.1 Å². The van der Waals surface area contributed by atoms with Gasteiger partial charge >= 0.3 is 0 Å². The highest BCUT2D eigenvalue weighted by Gasteiger charge is 2.39. The average Bonchev–Trinajstić information content (AvgIpc) is 3.18. The van der Waals surface area contributed by atoms with E-state index >= 15 is 0 Å². The third kappa shape index (κ3) is 4.04. The standard InChI is InChI=1S/C22H29F2N5O/c1-22(2,3)18-12-19-26-16(11-17(20(23)24)29(19)27-18)15-5-4-10-28(13-15)21(30)14-6-8-25-9-7-14/h6-9,12,15-17,20,26H,4-5,10-11,13H2,1-3H3/t15?,16-,17+/m0/s1. The van der Waals surface area contributed by atoms with Crippen molar-refractivity contribution in [3.63, 3.8) is 0 Å². The van der Waals surface area contributed by atoms with Crippen LogP contribution in [-0.2, 0) is 5.41 Å². The fourth-order valence-electron chi connectivity index (χ4n) is 4.45. The molecule has 1 unspecified atom stereocenters. The SMILES string of the molecule is CC(C)(C)c1cc2n(n1)[C@@H](C(F)F)C[C@@H](C1CCCN(C(=O)c3ccncc3)C1)N2. The molecule has 1 fully saturated rings. The molecule has 162 valence electrons. The maximum atomic E-state index is 13.9. The lowest BCUT2D eigenvalue weighted by Gasteiger charge is -2.41. The van der Waals surface area contributed by atoms with Gasteiger partial charge in [-0.15, -0.1) is 0 Å². The molecule has 0 spiro atoms. The molecule has 2 aromatic rings. The van der Waals surface area contributed by atoms with Crippen LogP contribution < -0.4 is 5.32 Å². The maximum Gasteiger partial charge on any atom is 0.260 e. The quantitative estimate of drug-likeness (QED) is 0.816. The summed E-state index contributed by atoms with van der Waals surface area (Å²) in [7, 11) is 0. The van der Waals surface area contributed by atoms with Crippen LogP contribution in [0.3, 0.4) is 0 Å². The van der Waals surface area contributed by atoms with E-state index in [-0.39, 0.29) is 23.3 Å². The molecule has 8 heteroatoms. The average molecular weight is 418 g/mol. The van der Waals surface area contributed by atoms with Gasteiger partial charge < -0.3 is 10.2 Å². The summed E-state index contributed by atoms with van der Waals surface area (Å²) < 4.78 is 29.3. The second-order valence-electron chi connectivity index (χ2n) is 9.39. The molecule has 1 amide bonds. The number of rotatable bonds is 3. The number of halogens is 2. The first-order chi connectivity index (χ1) is 14.2. The van der Waals surface area contributed by atoms with Gasteiger partial charge in [-0.1, -0.05) is 20.8 Å². The minimum absolute atomic E-state index is 0.0246. The molecule has 0 aromatic carbocycles. The van der Waals surface area contributed by atoms with Gasteiger partial charge in [0, 0.05) is 48.6 Å². The van der Waals surface area contributed by atoms with Gasteiger partial charge in [-0.3, -0.25) is 9.78 Å². The highest BCUT2D eigenvalue weighted by molar-refractivity contribution is 5.94. The van der Waals surface area contributed by atoms with Gasteiger partial charge in [0.05, 0.1) is 5.69 Å². The molecule has 6 nitrogen and oxygen atoms in total. The zero-order valence-corrected chi connectivity index (χ0v) is 17.7. The van der Waals surface area contributed by atoms with Crippen molar-refractivity contribution in [2.75, 3.05) is 18.4 Å². The van der Waals surface area contributed by atoms with Gasteiger partial charge in [0.25, 0.3) is 12.3 Å². The lowest BCUT2D eigenvalue weighted by atomic mass is 9.85. The number of hydrogen-bond donors (Lipinski definition) is 1. The second kappa shape index (κ2) is 7.96. The monoisotopic (exact) mass is 417 g/mol. The molecular weight excluding hydrogens is 388 g/mol. The number of anilines is 1. The fraction of sp³-hybridized carbons (Fsp3) is 0.591. The van der Waals surface area contributed by atoms with Gasteiger partial charge in [-0.25, -0.2) is 13.5 Å². The van der Waals surface area contributed by atoms with Crippen molar-refractivity contribution in [3.05, 3.63) is 41.9 Å². The summed E-state index contributed by atoms with van der Waals surface area (Å²) in [4.78, 5) is 18.7. The van der Waals surface area contributed by atoms with Crippen molar-refractivity contribution in [1.29, 1.82) is 0 Å². The molecule has 2 aromatic heterocycles. The van der Waals surface area contributed by atoms with E-state index in [9.17, 15) is 13.6 Å². The zero-order valence-electron chi connectivity index (χ0n) is 17.7. The summed E-state index contributed by atoms with van der Waals surface area (Å²) in [5.74, 6) is 0.745. The lowest BCUT2D eigenvalue weighted by Crippen LogP contribution is -2.48. The van der Waals surface area contributed by atoms with Crippen LogP contribution >= 0.6 is 0 Å². The van der Waals surface area contributed by atoms with E-state index < -0.39 is 12.5 Å². The molecule has 0 radical (unpaired) electrons. The van der Waals surface area contributed by atoms with Gasteiger partial charge in [0.2, 0.25) is 0 Å². The number of aromatic nitrogens is 3. The molecular formula is C22H29F2N5O. The van der Waals surface area contributed by atoms with Crippen molar-refractivity contribution < 1.29 is 13.6 Å². The molecule has 4 rings (SSSR count). The van der Waals surface area contributed by atoms with E-state index in [1.165, 1.54) is 4.68 Å². The molecule has 2 aliphatic rings. The van der Waals surface area contributed by atoms with Crippen LogP contribution in [0.15, 0.2) is 30.6 Å². The van der Waals surface area contributed by atoms with Crippen LogP contribution in [0.25, 0.3) is 0 Å². The first-order valence-corrected chi connectivity index (χ1v) is 10.6. The van der Waals surface area contributed by atoms with E-state index in [0.717, 1.165) is 18.5 Å². The van der Waals surface area contributed by atoms with E-state index in [1.54, 1.807) is 24.5 Å². The van der Waals surface area contributed by atoms with Crippen LogP contribution in [0.1, 0.15) is 62.1 Å². The number of nitrogens with zero attached hydrogens (tertiary/aromatic N) is 4. The summed E-state index contributed by atoms with van der Waals surface area (Å²) in [6, 6.07) is 4.25. The Morgan fingerprint density at radius 3 is 2.67 bits per heavy atom. The molecule has 1 N–H and O–H groups in total. The third-order valence-corrected chi connectivity index (χ3v) is 6.18. The van der Waals surface area contributed by atoms with E-state index in [1.807, 2.05) is 31.7 Å². The predicted molar refractivity (Wildman–Crippen MR) is 111 cm³/mol. The summed E-state index contributed by atoms with van der Waals surface area (Å²) in [5, 5.41) is 7.95. The molecule has 2 aliphatic heterocycles. The Bertz CT molecular complexity index is 893. The normalized spacial score (nSPS) is 24.5. The largest absolute Gasteiger partial charge is 0.367 e. The number of carbonyl (C=O) groups is 1. The Hall–Kier alpha value is -2.51. The number of nitrogens with one attached hydrogen (secondary N) is 1. The van der Waals surface area contributed by atoms with Crippen molar-refractivity contribution >= 4 is 11.7 Å². The predicted octanol–water partition coefficient (Wildman–Crippen LogP) is 4.12. The smallest absolute Gasteiger partial charge is 0.260 e. The fourth-order valence-corrected chi connectivity index (χ4v) is 4.45. The number of amides is 1. The molecule has 1 saturated heterocycles. The third-order valence-electron chi connectivity index (χ3n) is 6.18. The number of carbonyl (C=O) groups excluding carboxylic acids is 1. The number of piperidine rings is 1. The molecule has 0 saturated carbocycles. The van der Waals surface area contributed by atoms with E-state index in [2.05, 4.69) is 15.4 Å². The first kappa shape index (κ1) is 20.8. The van der Waals surface area contributed by atoms with Crippen molar-refractivity contribution in [3.8, 4) is 0 Å². The molecule has 0 aliphatic carbocycles. The lowest BCUT2D eigenvalue weighted by molar-refractivity contribution is 0.0504. The Kier molecular flexibility index (Phi) is 5.51. The van der Waals surface area contributed by atoms with Crippen molar-refractivity contribution in [1.82, 2.24) is 19.7 Å². The highest BCUT2D eigenvalue weighted by Crippen LogP contribution is 2.38. The van der Waals surface area contributed by atoms with Gasteiger partial charge in [-0.2, -0.15) is 5.10 Å². The number of fused-ring (bicyclic) bond motifs is 1. The minimum Gasteiger partial charge on any atom is -0.367 e. The minimum atomic E-state index is -2.49. The van der Waals surface area contributed by atoms with Crippen molar-refractivity contribution in [2.45, 2.75) is 64.0 Å². The Morgan fingerprint density at radius 2 is 2.00 bits per heavy atom. The van der Waals surface area contributed by atoms with E-state index in [0.29, 0.717) is 30.9 Å². The Balaban J connectivity index is 1.54. The summed E-state index contributed by atoms with van der Waals surface area (Å²) >= 11 is 0. The van der Waals surface area contributed by atoms with Crippen LogP contribution in [0.4, 0.5) is 14.6 Å². The topological polar surface area (TPSA) is 63.1 Å². The molecule has 4 heterocycles.